The number of cyclic esters (lactones) is 1. The number of carbonyl (C=O) groups excluding carboxylic acids is 3. The summed E-state index contributed by atoms with van der Waals surface area (Å²) < 4.78 is 11.8. The van der Waals surface area contributed by atoms with Crippen LogP contribution in [-0.2, 0) is 23.9 Å². The standard InChI is InChI=1S/C25H36N2O6/c1-4-6-7-12-26-13-9-11-25-20(19-18(33-25)10-8-14-32-24(19)31)22(29)27(21(25)23(26)30)17(15-28)16(3)5-2/h8-11,16-21,28H,4-7,12-15H2,1-3H3/t16-,17-,18+,19-,20-,21?,25-/m0/s1. The molecule has 182 valence electrons. The molecule has 0 aromatic carbocycles. The summed E-state index contributed by atoms with van der Waals surface area (Å²) in [6.45, 7) is 6.99. The normalized spacial score (nSPS) is 35.0. The van der Waals surface area contributed by atoms with Gasteiger partial charge in [-0.1, -0.05) is 58.3 Å². The lowest BCUT2D eigenvalue weighted by atomic mass is 9.78. The lowest BCUT2D eigenvalue weighted by Crippen LogP contribution is -2.59. The number of amides is 2. The minimum Gasteiger partial charge on any atom is -0.461 e. The van der Waals surface area contributed by atoms with E-state index in [1.54, 1.807) is 22.0 Å². The van der Waals surface area contributed by atoms with Gasteiger partial charge in [0, 0.05) is 13.1 Å². The van der Waals surface area contributed by atoms with E-state index in [-0.39, 0.29) is 30.9 Å². The monoisotopic (exact) mass is 460 g/mol. The number of nitrogens with zero attached hydrogens (tertiary/aromatic N) is 2. The van der Waals surface area contributed by atoms with Crippen molar-refractivity contribution < 1.29 is 29.0 Å². The molecule has 0 aromatic heterocycles. The fourth-order valence-electron chi connectivity index (χ4n) is 5.88. The van der Waals surface area contributed by atoms with Crippen molar-refractivity contribution in [2.24, 2.45) is 17.8 Å². The molecule has 1 unspecified atom stereocenters. The van der Waals surface area contributed by atoms with Gasteiger partial charge in [-0.25, -0.2) is 0 Å². The van der Waals surface area contributed by atoms with Gasteiger partial charge in [0.2, 0.25) is 11.8 Å². The van der Waals surface area contributed by atoms with Gasteiger partial charge < -0.3 is 24.4 Å². The zero-order valence-corrected chi connectivity index (χ0v) is 19.8. The molecule has 0 bridgehead atoms. The Morgan fingerprint density at radius 3 is 2.67 bits per heavy atom. The zero-order valence-electron chi connectivity index (χ0n) is 19.8. The molecule has 0 aliphatic carbocycles. The summed E-state index contributed by atoms with van der Waals surface area (Å²) in [6, 6.07) is -1.46. The van der Waals surface area contributed by atoms with Crippen molar-refractivity contribution in [1.82, 2.24) is 9.80 Å². The summed E-state index contributed by atoms with van der Waals surface area (Å²) in [5.41, 5.74) is -1.26. The minimum absolute atomic E-state index is 0.0276. The van der Waals surface area contributed by atoms with E-state index < -0.39 is 41.6 Å². The molecule has 7 atom stereocenters. The Morgan fingerprint density at radius 1 is 1.18 bits per heavy atom. The number of esters is 1. The van der Waals surface area contributed by atoms with Crippen molar-refractivity contribution in [2.75, 3.05) is 26.3 Å². The first-order valence-corrected chi connectivity index (χ1v) is 12.3. The Labute approximate surface area is 195 Å². The second-order valence-electron chi connectivity index (χ2n) is 9.67. The molecule has 4 heterocycles. The van der Waals surface area contributed by atoms with Crippen molar-refractivity contribution in [3.05, 3.63) is 24.3 Å². The molecule has 8 heteroatoms. The van der Waals surface area contributed by atoms with Crippen LogP contribution in [0.25, 0.3) is 0 Å². The molecule has 4 aliphatic heterocycles. The van der Waals surface area contributed by atoms with Gasteiger partial charge in [0.05, 0.1) is 24.7 Å². The lowest BCUT2D eigenvalue weighted by Gasteiger charge is -2.40. The first-order chi connectivity index (χ1) is 15.9. The second kappa shape index (κ2) is 9.58. The highest BCUT2D eigenvalue weighted by Crippen LogP contribution is 2.54. The molecule has 33 heavy (non-hydrogen) atoms. The van der Waals surface area contributed by atoms with Gasteiger partial charge in [-0.3, -0.25) is 14.4 Å². The molecule has 0 radical (unpaired) electrons. The molecule has 2 fully saturated rings. The average molecular weight is 461 g/mol. The Bertz CT molecular complexity index is 841. The fourth-order valence-corrected chi connectivity index (χ4v) is 5.88. The third kappa shape index (κ3) is 3.81. The van der Waals surface area contributed by atoms with Crippen LogP contribution in [0.1, 0.15) is 46.5 Å². The fraction of sp³-hybridized carbons (Fsp3) is 0.720. The maximum Gasteiger partial charge on any atom is 0.313 e. The van der Waals surface area contributed by atoms with Crippen LogP contribution in [0.4, 0.5) is 0 Å². The summed E-state index contributed by atoms with van der Waals surface area (Å²) >= 11 is 0. The van der Waals surface area contributed by atoms with Crippen molar-refractivity contribution in [3.8, 4) is 0 Å². The number of likely N-dealkylation sites (tertiary alicyclic amines) is 1. The smallest absolute Gasteiger partial charge is 0.313 e. The molecule has 2 saturated heterocycles. The highest BCUT2D eigenvalue weighted by molar-refractivity contribution is 5.99. The van der Waals surface area contributed by atoms with Gasteiger partial charge >= 0.3 is 5.97 Å². The van der Waals surface area contributed by atoms with Crippen molar-refractivity contribution in [3.63, 3.8) is 0 Å². The van der Waals surface area contributed by atoms with E-state index in [0.29, 0.717) is 13.1 Å². The molecule has 1 N–H and O–H groups in total. The predicted octanol–water partition coefficient (Wildman–Crippen LogP) is 1.68. The molecule has 8 nitrogen and oxygen atoms in total. The number of rotatable bonds is 8. The molecule has 4 aliphatic rings. The van der Waals surface area contributed by atoms with E-state index in [1.807, 2.05) is 26.0 Å². The molecule has 4 rings (SSSR count). The third-order valence-corrected chi connectivity index (χ3v) is 7.81. The SMILES string of the molecule is CCCCCN1CC=C[C@]23O[C@@H]4C=CCOC(=O)[C@@H]4[C@H]2C(=O)N([C@@H](CO)[C@@H](C)CC)C3C1=O. The van der Waals surface area contributed by atoms with E-state index in [4.69, 9.17) is 9.47 Å². The number of aliphatic hydroxyl groups is 1. The summed E-state index contributed by atoms with van der Waals surface area (Å²) in [4.78, 5) is 44.2. The van der Waals surface area contributed by atoms with Gasteiger partial charge in [0.25, 0.3) is 0 Å². The highest BCUT2D eigenvalue weighted by Gasteiger charge is 2.72. The Balaban J connectivity index is 1.80. The molecular weight excluding hydrogens is 424 g/mol. The van der Waals surface area contributed by atoms with Crippen LogP contribution < -0.4 is 0 Å². The van der Waals surface area contributed by atoms with Gasteiger partial charge in [-0.05, 0) is 18.4 Å². The first-order valence-electron chi connectivity index (χ1n) is 12.3. The number of unbranched alkanes of at least 4 members (excludes halogenated alkanes) is 2. The second-order valence-corrected chi connectivity index (χ2v) is 9.67. The first kappa shape index (κ1) is 24.0. The Morgan fingerprint density at radius 2 is 1.97 bits per heavy atom. The van der Waals surface area contributed by atoms with E-state index in [2.05, 4.69) is 6.92 Å². The van der Waals surface area contributed by atoms with Crippen LogP contribution in [0.15, 0.2) is 24.3 Å². The molecular formula is C25H36N2O6. The summed E-state index contributed by atoms with van der Waals surface area (Å²) in [6.07, 6.45) is 10.3. The number of hydrogen-bond donors (Lipinski definition) is 1. The summed E-state index contributed by atoms with van der Waals surface area (Å²) in [7, 11) is 0. The van der Waals surface area contributed by atoms with Crippen LogP contribution in [-0.4, -0.2) is 82.8 Å². The van der Waals surface area contributed by atoms with Crippen molar-refractivity contribution >= 4 is 17.8 Å². The molecule has 0 aromatic rings. The zero-order chi connectivity index (χ0) is 23.8. The van der Waals surface area contributed by atoms with Crippen molar-refractivity contribution in [1.29, 1.82) is 0 Å². The average Bonchev–Trinajstić information content (AvgIpc) is 3.11. The van der Waals surface area contributed by atoms with Crippen LogP contribution in [0.2, 0.25) is 0 Å². The Hall–Kier alpha value is -2.19. The molecule has 2 amide bonds. The highest BCUT2D eigenvalue weighted by atomic mass is 16.6. The predicted molar refractivity (Wildman–Crippen MR) is 121 cm³/mol. The van der Waals surface area contributed by atoms with Crippen LogP contribution in [0.5, 0.6) is 0 Å². The number of aliphatic hydroxyl groups excluding tert-OH is 1. The van der Waals surface area contributed by atoms with E-state index in [9.17, 15) is 19.5 Å². The molecule has 1 spiro atoms. The maximum absolute atomic E-state index is 14.0. The van der Waals surface area contributed by atoms with Crippen molar-refractivity contribution in [2.45, 2.75) is 70.2 Å². The number of carbonyl (C=O) groups is 3. The third-order valence-electron chi connectivity index (χ3n) is 7.81. The number of hydrogen-bond acceptors (Lipinski definition) is 6. The van der Waals surface area contributed by atoms with Gasteiger partial charge in [-0.2, -0.15) is 0 Å². The summed E-state index contributed by atoms with van der Waals surface area (Å²) in [5, 5.41) is 10.3. The Kier molecular flexibility index (Phi) is 6.96. The van der Waals surface area contributed by atoms with Crippen LogP contribution >= 0.6 is 0 Å². The van der Waals surface area contributed by atoms with Crippen LogP contribution in [0, 0.1) is 17.8 Å². The topological polar surface area (TPSA) is 96.4 Å². The number of fused-ring (bicyclic) bond motifs is 2. The van der Waals surface area contributed by atoms with Gasteiger partial charge in [0.1, 0.15) is 24.2 Å². The quantitative estimate of drug-likeness (QED) is 0.336. The van der Waals surface area contributed by atoms with E-state index in [0.717, 1.165) is 25.7 Å². The lowest BCUT2D eigenvalue weighted by molar-refractivity contribution is -0.155. The minimum atomic E-state index is -1.26. The van der Waals surface area contributed by atoms with E-state index >= 15 is 0 Å². The van der Waals surface area contributed by atoms with Gasteiger partial charge in [-0.15, -0.1) is 0 Å². The largest absolute Gasteiger partial charge is 0.461 e. The van der Waals surface area contributed by atoms with E-state index in [1.165, 1.54) is 0 Å². The molecule has 0 saturated carbocycles. The number of ether oxygens (including phenoxy) is 2. The maximum atomic E-state index is 14.0. The van der Waals surface area contributed by atoms with Crippen LogP contribution in [0.3, 0.4) is 0 Å². The summed E-state index contributed by atoms with van der Waals surface area (Å²) in [5.74, 6) is -2.68. The van der Waals surface area contributed by atoms with Gasteiger partial charge in [0.15, 0.2) is 0 Å².